The first-order chi connectivity index (χ1) is 8.61. The molecule has 0 bridgehead atoms. The van der Waals surface area contributed by atoms with Gasteiger partial charge in [0.1, 0.15) is 11.5 Å². The molecule has 0 aliphatic heterocycles. The van der Waals surface area contributed by atoms with Gasteiger partial charge in [0.05, 0.1) is 0 Å². The zero-order chi connectivity index (χ0) is 13.1. The molecule has 4 nitrogen and oxygen atoms in total. The van der Waals surface area contributed by atoms with E-state index in [1.165, 1.54) is 0 Å². The number of carbonyl (C=O) groups is 2. The second-order valence-corrected chi connectivity index (χ2v) is 4.81. The Labute approximate surface area is 107 Å². The van der Waals surface area contributed by atoms with E-state index < -0.39 is 0 Å². The molecule has 18 heavy (non-hydrogen) atoms. The first-order valence-electron chi connectivity index (χ1n) is 6.49. The number of hydrogen-bond acceptors (Lipinski definition) is 3. The van der Waals surface area contributed by atoms with Gasteiger partial charge in [0.2, 0.25) is 0 Å². The summed E-state index contributed by atoms with van der Waals surface area (Å²) in [6, 6.07) is 3.72. The molecule has 0 radical (unpaired) electrons. The second kappa shape index (κ2) is 5.38. The van der Waals surface area contributed by atoms with Crippen LogP contribution in [-0.2, 0) is 11.2 Å². The van der Waals surface area contributed by atoms with Crippen LogP contribution in [0.3, 0.4) is 0 Å². The number of aryl methyl sites for hydroxylation is 1. The van der Waals surface area contributed by atoms with E-state index in [4.69, 9.17) is 4.42 Å². The Bertz CT molecular complexity index is 440. The molecule has 0 aromatic carbocycles. The number of amides is 1. The number of Topliss-reactive ketones (excluding diaryl/α,β-unsaturated/α-hetero) is 1. The number of hydrogen-bond donors (Lipinski definition) is 0. The van der Waals surface area contributed by atoms with Gasteiger partial charge in [0.15, 0.2) is 5.76 Å². The van der Waals surface area contributed by atoms with Crippen LogP contribution in [-0.4, -0.2) is 29.7 Å². The van der Waals surface area contributed by atoms with Crippen LogP contribution in [0.1, 0.15) is 48.9 Å². The van der Waals surface area contributed by atoms with E-state index in [1.807, 2.05) is 13.0 Å². The van der Waals surface area contributed by atoms with E-state index in [2.05, 4.69) is 0 Å². The van der Waals surface area contributed by atoms with Crippen molar-refractivity contribution in [1.82, 2.24) is 4.90 Å². The molecule has 1 fully saturated rings. The Morgan fingerprint density at radius 1 is 1.39 bits per heavy atom. The highest BCUT2D eigenvalue weighted by molar-refractivity contribution is 5.91. The highest BCUT2D eigenvalue weighted by atomic mass is 16.4. The fraction of sp³-hybridized carbons (Fsp3) is 0.571. The van der Waals surface area contributed by atoms with Crippen LogP contribution in [0.4, 0.5) is 0 Å². The predicted octanol–water partition coefficient (Wildman–Crippen LogP) is 2.43. The van der Waals surface area contributed by atoms with Gasteiger partial charge in [-0.15, -0.1) is 0 Å². The minimum Gasteiger partial charge on any atom is -0.456 e. The number of furan rings is 1. The molecule has 98 valence electrons. The molecule has 1 aromatic heterocycles. The Morgan fingerprint density at radius 2 is 2.06 bits per heavy atom. The quantitative estimate of drug-likeness (QED) is 0.826. The average molecular weight is 249 g/mol. The van der Waals surface area contributed by atoms with Gasteiger partial charge >= 0.3 is 0 Å². The molecule has 0 spiro atoms. The summed E-state index contributed by atoms with van der Waals surface area (Å²) in [5.74, 6) is 1.43. The average Bonchev–Trinajstić information content (AvgIpc) is 2.86. The summed E-state index contributed by atoms with van der Waals surface area (Å²) >= 11 is 0. The zero-order valence-corrected chi connectivity index (χ0v) is 10.9. The molecule has 1 aliphatic carbocycles. The largest absolute Gasteiger partial charge is 0.456 e. The van der Waals surface area contributed by atoms with Crippen molar-refractivity contribution in [3.05, 3.63) is 23.7 Å². The van der Waals surface area contributed by atoms with Crippen molar-refractivity contribution in [3.8, 4) is 0 Å². The van der Waals surface area contributed by atoms with Gasteiger partial charge in [-0.3, -0.25) is 9.59 Å². The fourth-order valence-corrected chi connectivity index (χ4v) is 2.33. The molecule has 1 amide bonds. The molecule has 2 rings (SSSR count). The van der Waals surface area contributed by atoms with Crippen LogP contribution in [0, 0.1) is 0 Å². The Balaban J connectivity index is 2.02. The summed E-state index contributed by atoms with van der Waals surface area (Å²) in [6.45, 7) is 1.99. The summed E-state index contributed by atoms with van der Waals surface area (Å²) in [6.07, 6.45) is 3.49. The maximum absolute atomic E-state index is 12.2. The van der Waals surface area contributed by atoms with Gasteiger partial charge in [-0.05, 0) is 25.0 Å². The fourth-order valence-electron chi connectivity index (χ4n) is 2.33. The van der Waals surface area contributed by atoms with Gasteiger partial charge in [0, 0.05) is 32.4 Å². The Morgan fingerprint density at radius 3 is 2.61 bits per heavy atom. The molecule has 0 atom stereocenters. The standard InChI is InChI=1S/C14H19NO3/c1-3-12-8-9-13(18-12)14(17)15(2)10-4-6-11(16)7-5-10/h8-10H,3-7H2,1-2H3. The van der Waals surface area contributed by atoms with Gasteiger partial charge in [-0.1, -0.05) is 6.92 Å². The predicted molar refractivity (Wildman–Crippen MR) is 67.4 cm³/mol. The highest BCUT2D eigenvalue weighted by Gasteiger charge is 2.27. The van der Waals surface area contributed by atoms with Gasteiger partial charge < -0.3 is 9.32 Å². The van der Waals surface area contributed by atoms with E-state index >= 15 is 0 Å². The van der Waals surface area contributed by atoms with Crippen molar-refractivity contribution in [1.29, 1.82) is 0 Å². The highest BCUT2D eigenvalue weighted by Crippen LogP contribution is 2.21. The molecule has 1 saturated carbocycles. The summed E-state index contributed by atoms with van der Waals surface area (Å²) in [7, 11) is 1.79. The maximum atomic E-state index is 12.2. The van der Waals surface area contributed by atoms with E-state index in [0.29, 0.717) is 24.4 Å². The molecule has 1 aromatic rings. The third kappa shape index (κ3) is 2.63. The lowest BCUT2D eigenvalue weighted by Gasteiger charge is -2.30. The van der Waals surface area contributed by atoms with E-state index in [-0.39, 0.29) is 11.9 Å². The van der Waals surface area contributed by atoms with E-state index in [1.54, 1.807) is 18.0 Å². The van der Waals surface area contributed by atoms with Crippen LogP contribution >= 0.6 is 0 Å². The lowest BCUT2D eigenvalue weighted by molar-refractivity contribution is -0.121. The minimum atomic E-state index is -0.0888. The van der Waals surface area contributed by atoms with Gasteiger partial charge in [0.25, 0.3) is 5.91 Å². The molecule has 0 N–H and O–H groups in total. The van der Waals surface area contributed by atoms with Crippen LogP contribution in [0.25, 0.3) is 0 Å². The van der Waals surface area contributed by atoms with Crippen molar-refractivity contribution in [3.63, 3.8) is 0 Å². The lowest BCUT2D eigenvalue weighted by Crippen LogP contribution is -2.39. The molecule has 0 unspecified atom stereocenters. The van der Waals surface area contributed by atoms with Gasteiger partial charge in [-0.25, -0.2) is 0 Å². The number of ketones is 1. The summed E-state index contributed by atoms with van der Waals surface area (Å²) in [5, 5.41) is 0. The van der Waals surface area contributed by atoms with Crippen molar-refractivity contribution in [2.75, 3.05) is 7.05 Å². The minimum absolute atomic E-state index is 0.0888. The first kappa shape index (κ1) is 12.9. The number of nitrogens with zero attached hydrogens (tertiary/aromatic N) is 1. The molecule has 1 heterocycles. The van der Waals surface area contributed by atoms with Crippen LogP contribution in [0.15, 0.2) is 16.5 Å². The van der Waals surface area contributed by atoms with Crippen molar-refractivity contribution in [2.24, 2.45) is 0 Å². The van der Waals surface area contributed by atoms with Gasteiger partial charge in [-0.2, -0.15) is 0 Å². The summed E-state index contributed by atoms with van der Waals surface area (Å²) in [4.78, 5) is 25.1. The summed E-state index contributed by atoms with van der Waals surface area (Å²) in [5.41, 5.74) is 0. The molecule has 4 heteroatoms. The third-order valence-electron chi connectivity index (χ3n) is 3.60. The molecular weight excluding hydrogens is 230 g/mol. The smallest absolute Gasteiger partial charge is 0.289 e. The van der Waals surface area contributed by atoms with Crippen molar-refractivity contribution in [2.45, 2.75) is 45.1 Å². The normalized spacial score (nSPS) is 16.9. The van der Waals surface area contributed by atoms with E-state index in [0.717, 1.165) is 25.0 Å². The summed E-state index contributed by atoms with van der Waals surface area (Å²) < 4.78 is 5.47. The topological polar surface area (TPSA) is 50.5 Å². The SMILES string of the molecule is CCc1ccc(C(=O)N(C)C2CCC(=O)CC2)o1. The number of carbonyl (C=O) groups excluding carboxylic acids is 2. The number of rotatable bonds is 3. The zero-order valence-electron chi connectivity index (χ0n) is 10.9. The van der Waals surface area contributed by atoms with Crippen LogP contribution in [0.5, 0.6) is 0 Å². The first-order valence-corrected chi connectivity index (χ1v) is 6.49. The Hall–Kier alpha value is -1.58. The van der Waals surface area contributed by atoms with Crippen LogP contribution < -0.4 is 0 Å². The third-order valence-corrected chi connectivity index (χ3v) is 3.60. The lowest BCUT2D eigenvalue weighted by atomic mass is 9.93. The molecule has 1 aliphatic rings. The second-order valence-electron chi connectivity index (χ2n) is 4.81. The van der Waals surface area contributed by atoms with Crippen molar-refractivity contribution < 1.29 is 14.0 Å². The molecule has 0 saturated heterocycles. The molecular formula is C14H19NO3. The van der Waals surface area contributed by atoms with Crippen molar-refractivity contribution >= 4 is 11.7 Å². The Kier molecular flexibility index (Phi) is 3.84. The maximum Gasteiger partial charge on any atom is 0.289 e. The van der Waals surface area contributed by atoms with E-state index in [9.17, 15) is 9.59 Å². The monoisotopic (exact) mass is 249 g/mol. The van der Waals surface area contributed by atoms with Crippen LogP contribution in [0.2, 0.25) is 0 Å².